The first-order valence-corrected chi connectivity index (χ1v) is 5.84. The molecule has 0 aliphatic rings. The number of likely N-dealkylation sites (N-methyl/N-ethyl adjacent to an activating group) is 1. The van der Waals surface area contributed by atoms with E-state index in [9.17, 15) is 0 Å². The second-order valence-corrected chi connectivity index (χ2v) is 4.37. The fourth-order valence-electron chi connectivity index (χ4n) is 1.79. The van der Waals surface area contributed by atoms with Gasteiger partial charge in [0.25, 0.3) is 0 Å². The molecule has 0 bridgehead atoms. The van der Waals surface area contributed by atoms with Gasteiger partial charge in [0.05, 0.1) is 17.6 Å². The Morgan fingerprint density at radius 3 is 2.94 bits per heavy atom. The van der Waals surface area contributed by atoms with Gasteiger partial charge < -0.3 is 5.32 Å². The first kappa shape index (κ1) is 11.8. The van der Waals surface area contributed by atoms with Gasteiger partial charge >= 0.3 is 0 Å². The van der Waals surface area contributed by atoms with Crippen LogP contribution < -0.4 is 5.32 Å². The lowest BCUT2D eigenvalue weighted by atomic mass is 10.2. The highest BCUT2D eigenvalue weighted by Gasteiger charge is 2.09. The molecule has 1 aromatic carbocycles. The summed E-state index contributed by atoms with van der Waals surface area (Å²) < 4.78 is 1.90. The maximum absolute atomic E-state index is 4.15. The standard InChI is InChI=1S/C13H18N4/c1-10-5-4-6-12(7-10)17-13(9-15-16-17)8-11(2)14-3/h4-7,9,11,14H,8H2,1-3H3. The molecular formula is C13H18N4. The van der Waals surface area contributed by atoms with Crippen molar-refractivity contribution in [2.75, 3.05) is 7.05 Å². The monoisotopic (exact) mass is 230 g/mol. The van der Waals surface area contributed by atoms with Gasteiger partial charge in [-0.05, 0) is 38.6 Å². The SMILES string of the molecule is CNC(C)Cc1cnnn1-c1cccc(C)c1. The van der Waals surface area contributed by atoms with Gasteiger partial charge in [-0.3, -0.25) is 0 Å². The van der Waals surface area contributed by atoms with Gasteiger partial charge in [0, 0.05) is 12.5 Å². The number of nitrogens with zero attached hydrogens (tertiary/aromatic N) is 3. The molecule has 1 atom stereocenters. The fourth-order valence-corrected chi connectivity index (χ4v) is 1.79. The summed E-state index contributed by atoms with van der Waals surface area (Å²) in [6.45, 7) is 4.23. The van der Waals surface area contributed by atoms with Gasteiger partial charge in [0.15, 0.2) is 0 Å². The Balaban J connectivity index is 2.30. The maximum atomic E-state index is 4.15. The van der Waals surface area contributed by atoms with Gasteiger partial charge in [0.2, 0.25) is 0 Å². The Morgan fingerprint density at radius 2 is 2.24 bits per heavy atom. The Labute approximate surface area is 102 Å². The third kappa shape index (κ3) is 2.71. The molecule has 1 heterocycles. The average molecular weight is 230 g/mol. The molecule has 4 nitrogen and oxygen atoms in total. The molecule has 0 saturated heterocycles. The van der Waals surface area contributed by atoms with Crippen LogP contribution in [0.4, 0.5) is 0 Å². The highest BCUT2D eigenvalue weighted by molar-refractivity contribution is 5.35. The van der Waals surface area contributed by atoms with E-state index in [2.05, 4.69) is 47.7 Å². The Hall–Kier alpha value is -1.68. The molecule has 0 aliphatic heterocycles. The average Bonchev–Trinajstić information content (AvgIpc) is 2.77. The lowest BCUT2D eigenvalue weighted by molar-refractivity contribution is 0.588. The van der Waals surface area contributed by atoms with Gasteiger partial charge in [0.1, 0.15) is 0 Å². The summed E-state index contributed by atoms with van der Waals surface area (Å²) in [6.07, 6.45) is 2.74. The zero-order chi connectivity index (χ0) is 12.3. The number of benzene rings is 1. The normalized spacial score (nSPS) is 12.6. The maximum Gasteiger partial charge on any atom is 0.0730 e. The van der Waals surface area contributed by atoms with Crippen molar-refractivity contribution in [3.05, 3.63) is 41.7 Å². The molecule has 2 aromatic rings. The summed E-state index contributed by atoms with van der Waals surface area (Å²) in [7, 11) is 1.96. The lowest BCUT2D eigenvalue weighted by Crippen LogP contribution is -2.24. The third-order valence-corrected chi connectivity index (χ3v) is 2.87. The molecular weight excluding hydrogens is 212 g/mol. The molecule has 0 spiro atoms. The smallest absolute Gasteiger partial charge is 0.0730 e. The largest absolute Gasteiger partial charge is 0.317 e. The van der Waals surface area contributed by atoms with Crippen LogP contribution in [0.2, 0.25) is 0 Å². The zero-order valence-electron chi connectivity index (χ0n) is 10.5. The molecule has 90 valence electrons. The lowest BCUT2D eigenvalue weighted by Gasteiger charge is -2.11. The molecule has 1 aromatic heterocycles. The molecule has 1 N–H and O–H groups in total. The van der Waals surface area contributed by atoms with E-state index < -0.39 is 0 Å². The number of aryl methyl sites for hydroxylation is 1. The van der Waals surface area contributed by atoms with Crippen LogP contribution in [-0.4, -0.2) is 28.1 Å². The van der Waals surface area contributed by atoms with Crippen LogP contribution in [0.3, 0.4) is 0 Å². The molecule has 0 fully saturated rings. The summed E-state index contributed by atoms with van der Waals surface area (Å²) in [4.78, 5) is 0. The summed E-state index contributed by atoms with van der Waals surface area (Å²) in [5, 5.41) is 11.4. The van der Waals surface area contributed by atoms with E-state index >= 15 is 0 Å². The first-order valence-electron chi connectivity index (χ1n) is 5.84. The van der Waals surface area contributed by atoms with E-state index in [4.69, 9.17) is 0 Å². The molecule has 2 rings (SSSR count). The quantitative estimate of drug-likeness (QED) is 0.869. The molecule has 0 aliphatic carbocycles. The van der Waals surface area contributed by atoms with Crippen LogP contribution in [-0.2, 0) is 6.42 Å². The predicted octanol–water partition coefficient (Wildman–Crippen LogP) is 1.73. The van der Waals surface area contributed by atoms with Crippen molar-refractivity contribution in [3.63, 3.8) is 0 Å². The van der Waals surface area contributed by atoms with Crippen molar-refractivity contribution < 1.29 is 0 Å². The van der Waals surface area contributed by atoms with Crippen molar-refractivity contribution in [3.8, 4) is 5.69 Å². The summed E-state index contributed by atoms with van der Waals surface area (Å²) in [5.74, 6) is 0. The minimum absolute atomic E-state index is 0.414. The van der Waals surface area contributed by atoms with Crippen LogP contribution in [0.1, 0.15) is 18.2 Å². The predicted molar refractivity (Wildman–Crippen MR) is 68.3 cm³/mol. The van der Waals surface area contributed by atoms with Crippen molar-refractivity contribution >= 4 is 0 Å². The molecule has 1 unspecified atom stereocenters. The van der Waals surface area contributed by atoms with E-state index in [1.165, 1.54) is 5.56 Å². The van der Waals surface area contributed by atoms with E-state index in [1.54, 1.807) is 0 Å². The third-order valence-electron chi connectivity index (χ3n) is 2.87. The summed E-state index contributed by atoms with van der Waals surface area (Å²) >= 11 is 0. The fraction of sp³-hybridized carbons (Fsp3) is 0.385. The molecule has 4 heteroatoms. The minimum Gasteiger partial charge on any atom is -0.317 e. The minimum atomic E-state index is 0.414. The zero-order valence-corrected chi connectivity index (χ0v) is 10.5. The number of aromatic nitrogens is 3. The Kier molecular flexibility index (Phi) is 3.54. The summed E-state index contributed by atoms with van der Waals surface area (Å²) in [5.41, 5.74) is 3.42. The van der Waals surface area contributed by atoms with Crippen molar-refractivity contribution in [1.29, 1.82) is 0 Å². The van der Waals surface area contributed by atoms with Crippen LogP contribution in [0.5, 0.6) is 0 Å². The van der Waals surface area contributed by atoms with E-state index in [1.807, 2.05) is 24.0 Å². The van der Waals surface area contributed by atoms with E-state index in [-0.39, 0.29) is 0 Å². The number of hydrogen-bond donors (Lipinski definition) is 1. The van der Waals surface area contributed by atoms with E-state index in [0.29, 0.717) is 6.04 Å². The van der Waals surface area contributed by atoms with Gasteiger partial charge in [-0.1, -0.05) is 17.3 Å². The van der Waals surface area contributed by atoms with Gasteiger partial charge in [-0.25, -0.2) is 4.68 Å². The highest BCUT2D eigenvalue weighted by Crippen LogP contribution is 2.12. The first-order chi connectivity index (χ1) is 8.20. The van der Waals surface area contributed by atoms with E-state index in [0.717, 1.165) is 17.8 Å². The van der Waals surface area contributed by atoms with Gasteiger partial charge in [-0.15, -0.1) is 5.10 Å². The van der Waals surface area contributed by atoms with Crippen molar-refractivity contribution in [2.45, 2.75) is 26.3 Å². The molecule has 0 saturated carbocycles. The van der Waals surface area contributed by atoms with Crippen LogP contribution in [0.25, 0.3) is 5.69 Å². The second kappa shape index (κ2) is 5.10. The summed E-state index contributed by atoms with van der Waals surface area (Å²) in [6, 6.07) is 8.70. The highest BCUT2D eigenvalue weighted by atomic mass is 15.4. The Bertz CT molecular complexity index is 490. The number of hydrogen-bond acceptors (Lipinski definition) is 3. The molecule has 17 heavy (non-hydrogen) atoms. The van der Waals surface area contributed by atoms with Crippen LogP contribution >= 0.6 is 0 Å². The molecule has 0 amide bonds. The Morgan fingerprint density at radius 1 is 1.41 bits per heavy atom. The topological polar surface area (TPSA) is 42.7 Å². The van der Waals surface area contributed by atoms with Crippen molar-refractivity contribution in [2.24, 2.45) is 0 Å². The van der Waals surface area contributed by atoms with Gasteiger partial charge in [-0.2, -0.15) is 0 Å². The number of rotatable bonds is 4. The van der Waals surface area contributed by atoms with Crippen LogP contribution in [0.15, 0.2) is 30.5 Å². The second-order valence-electron chi connectivity index (χ2n) is 4.37. The van der Waals surface area contributed by atoms with Crippen LogP contribution in [0, 0.1) is 6.92 Å². The number of nitrogens with one attached hydrogen (secondary N) is 1. The van der Waals surface area contributed by atoms with Crippen molar-refractivity contribution in [1.82, 2.24) is 20.3 Å². The molecule has 0 radical (unpaired) electrons.